The summed E-state index contributed by atoms with van der Waals surface area (Å²) in [5.41, 5.74) is 3.45. The topological polar surface area (TPSA) is 21.1 Å². The van der Waals surface area contributed by atoms with E-state index in [0.29, 0.717) is 0 Å². The zero-order valence-corrected chi connectivity index (χ0v) is 13.3. The molecule has 0 aliphatic heterocycles. The van der Waals surface area contributed by atoms with Gasteiger partial charge in [0.2, 0.25) is 0 Å². The van der Waals surface area contributed by atoms with E-state index >= 15 is 0 Å². The van der Waals surface area contributed by atoms with Crippen molar-refractivity contribution in [2.45, 2.75) is 27.3 Å². The van der Waals surface area contributed by atoms with Crippen LogP contribution in [0.3, 0.4) is 0 Å². The van der Waals surface area contributed by atoms with Gasteiger partial charge in [-0.2, -0.15) is 0 Å². The van der Waals surface area contributed by atoms with E-state index < -0.39 is 0 Å². The van der Waals surface area contributed by atoms with Crippen molar-refractivity contribution in [2.75, 3.05) is 19.6 Å². The monoisotopic (exact) mass is 283 g/mol. The van der Waals surface area contributed by atoms with E-state index in [1.54, 1.807) is 6.08 Å². The molecular formula is C18H25N3. The number of likely N-dealkylation sites (N-methyl/N-ethyl adjacent to an activating group) is 1. The van der Waals surface area contributed by atoms with Crippen LogP contribution in [0.25, 0.3) is 17.1 Å². The maximum atomic E-state index is 4.70. The molecule has 112 valence electrons. The van der Waals surface area contributed by atoms with E-state index in [4.69, 9.17) is 4.98 Å². The molecule has 0 fully saturated rings. The van der Waals surface area contributed by atoms with Crippen LogP contribution in [0.15, 0.2) is 36.9 Å². The van der Waals surface area contributed by atoms with Crippen molar-refractivity contribution in [1.82, 2.24) is 14.5 Å². The molecule has 3 heteroatoms. The Balaban J connectivity index is 2.26. The van der Waals surface area contributed by atoms with E-state index in [2.05, 4.69) is 61.1 Å². The molecule has 0 radical (unpaired) electrons. The SMILES string of the molecule is C=C/C=C/c1ccc2c(c1)nc(C)n2CCN(CC)CC. The van der Waals surface area contributed by atoms with E-state index in [1.165, 1.54) is 5.52 Å². The van der Waals surface area contributed by atoms with Gasteiger partial charge in [-0.05, 0) is 37.7 Å². The Morgan fingerprint density at radius 2 is 2.05 bits per heavy atom. The van der Waals surface area contributed by atoms with Crippen LogP contribution in [0.5, 0.6) is 0 Å². The first-order valence-corrected chi connectivity index (χ1v) is 7.68. The lowest BCUT2D eigenvalue weighted by Gasteiger charge is -2.18. The minimum Gasteiger partial charge on any atom is -0.327 e. The normalized spacial score (nSPS) is 11.8. The van der Waals surface area contributed by atoms with Crippen LogP contribution in [0.1, 0.15) is 25.2 Å². The number of hydrogen-bond donors (Lipinski definition) is 0. The minimum absolute atomic E-state index is 0.992. The summed E-state index contributed by atoms with van der Waals surface area (Å²) < 4.78 is 2.31. The minimum atomic E-state index is 0.992. The molecule has 0 atom stereocenters. The van der Waals surface area contributed by atoms with Gasteiger partial charge in [-0.15, -0.1) is 0 Å². The second-order valence-electron chi connectivity index (χ2n) is 5.18. The molecule has 0 amide bonds. The zero-order valence-electron chi connectivity index (χ0n) is 13.3. The number of imidazole rings is 1. The highest BCUT2D eigenvalue weighted by Crippen LogP contribution is 2.18. The summed E-state index contributed by atoms with van der Waals surface area (Å²) in [6.07, 6.45) is 5.79. The van der Waals surface area contributed by atoms with E-state index in [0.717, 1.165) is 43.1 Å². The van der Waals surface area contributed by atoms with Crippen LogP contribution in [0.2, 0.25) is 0 Å². The van der Waals surface area contributed by atoms with Crippen LogP contribution in [0.4, 0.5) is 0 Å². The fourth-order valence-corrected chi connectivity index (χ4v) is 2.61. The number of benzene rings is 1. The quantitative estimate of drug-likeness (QED) is 0.719. The highest BCUT2D eigenvalue weighted by molar-refractivity contribution is 5.79. The molecule has 1 aromatic heterocycles. The molecule has 2 aromatic rings. The lowest BCUT2D eigenvalue weighted by molar-refractivity contribution is 0.291. The van der Waals surface area contributed by atoms with Crippen LogP contribution < -0.4 is 0 Å². The number of hydrogen-bond acceptors (Lipinski definition) is 2. The van der Waals surface area contributed by atoms with Crippen molar-refractivity contribution in [3.05, 3.63) is 48.3 Å². The Bertz CT molecular complexity index is 633. The average Bonchev–Trinajstić information content (AvgIpc) is 2.81. The number of nitrogens with zero attached hydrogens (tertiary/aromatic N) is 3. The highest BCUT2D eigenvalue weighted by atomic mass is 15.2. The Hall–Kier alpha value is -1.87. The first-order chi connectivity index (χ1) is 10.2. The van der Waals surface area contributed by atoms with Crippen molar-refractivity contribution in [2.24, 2.45) is 0 Å². The lowest BCUT2D eigenvalue weighted by Crippen LogP contribution is -2.27. The summed E-state index contributed by atoms with van der Waals surface area (Å²) in [6, 6.07) is 6.44. The maximum absolute atomic E-state index is 4.70. The van der Waals surface area contributed by atoms with Crippen LogP contribution in [0, 0.1) is 6.92 Å². The maximum Gasteiger partial charge on any atom is 0.106 e. The number of rotatable bonds is 7. The number of allylic oxidation sites excluding steroid dienone is 2. The predicted molar refractivity (Wildman–Crippen MR) is 91.5 cm³/mol. The summed E-state index contributed by atoms with van der Waals surface area (Å²) in [5, 5.41) is 0. The molecule has 3 nitrogen and oxygen atoms in total. The Labute approximate surface area is 127 Å². The molecule has 0 unspecified atom stereocenters. The number of fused-ring (bicyclic) bond motifs is 1. The van der Waals surface area contributed by atoms with Gasteiger partial charge < -0.3 is 9.47 Å². The summed E-state index contributed by atoms with van der Waals surface area (Å²) in [6.45, 7) is 14.5. The number of aryl methyl sites for hydroxylation is 1. The van der Waals surface area contributed by atoms with Gasteiger partial charge in [0.25, 0.3) is 0 Å². The second-order valence-corrected chi connectivity index (χ2v) is 5.18. The third kappa shape index (κ3) is 3.61. The number of aromatic nitrogens is 2. The summed E-state index contributed by atoms with van der Waals surface area (Å²) in [7, 11) is 0. The molecule has 21 heavy (non-hydrogen) atoms. The molecule has 0 spiro atoms. The van der Waals surface area contributed by atoms with Crippen LogP contribution >= 0.6 is 0 Å². The molecule has 0 aliphatic carbocycles. The van der Waals surface area contributed by atoms with Crippen molar-refractivity contribution >= 4 is 17.1 Å². The van der Waals surface area contributed by atoms with Crippen molar-refractivity contribution in [1.29, 1.82) is 0 Å². The van der Waals surface area contributed by atoms with E-state index in [1.807, 2.05) is 6.08 Å². The predicted octanol–water partition coefficient (Wildman–Crippen LogP) is 3.89. The smallest absolute Gasteiger partial charge is 0.106 e. The first-order valence-electron chi connectivity index (χ1n) is 7.68. The molecule has 0 saturated heterocycles. The second kappa shape index (κ2) is 7.23. The first kappa shape index (κ1) is 15.5. The molecule has 2 rings (SSSR count). The standard InChI is InChI=1S/C18H25N3/c1-5-8-9-16-10-11-18-17(14-16)19-15(4)21(18)13-12-20(6-2)7-3/h5,8-11,14H,1,6-7,12-13H2,2-4H3/b9-8+. The Morgan fingerprint density at radius 1 is 1.29 bits per heavy atom. The third-order valence-electron chi connectivity index (χ3n) is 3.92. The average molecular weight is 283 g/mol. The third-order valence-corrected chi connectivity index (χ3v) is 3.92. The largest absolute Gasteiger partial charge is 0.327 e. The fourth-order valence-electron chi connectivity index (χ4n) is 2.61. The molecule has 0 bridgehead atoms. The van der Waals surface area contributed by atoms with Gasteiger partial charge in [-0.3, -0.25) is 0 Å². The van der Waals surface area contributed by atoms with Crippen molar-refractivity contribution < 1.29 is 0 Å². The van der Waals surface area contributed by atoms with Crippen LogP contribution in [-0.4, -0.2) is 34.1 Å². The lowest BCUT2D eigenvalue weighted by atomic mass is 10.2. The molecule has 0 N–H and O–H groups in total. The Morgan fingerprint density at radius 3 is 2.71 bits per heavy atom. The van der Waals surface area contributed by atoms with Crippen LogP contribution in [-0.2, 0) is 6.54 Å². The van der Waals surface area contributed by atoms with Crippen molar-refractivity contribution in [3.8, 4) is 0 Å². The Kier molecular flexibility index (Phi) is 5.34. The van der Waals surface area contributed by atoms with Gasteiger partial charge in [-0.25, -0.2) is 4.98 Å². The molecule has 1 aromatic carbocycles. The van der Waals surface area contributed by atoms with Gasteiger partial charge >= 0.3 is 0 Å². The van der Waals surface area contributed by atoms with Gasteiger partial charge in [0.1, 0.15) is 5.82 Å². The molecule has 0 aliphatic rings. The highest BCUT2D eigenvalue weighted by Gasteiger charge is 2.08. The zero-order chi connectivity index (χ0) is 15.2. The van der Waals surface area contributed by atoms with Gasteiger partial charge in [-0.1, -0.05) is 44.7 Å². The van der Waals surface area contributed by atoms with E-state index in [9.17, 15) is 0 Å². The van der Waals surface area contributed by atoms with Gasteiger partial charge in [0, 0.05) is 13.1 Å². The molecule has 0 saturated carbocycles. The fraction of sp³-hybridized carbons (Fsp3) is 0.389. The van der Waals surface area contributed by atoms with E-state index in [-0.39, 0.29) is 0 Å². The molecular weight excluding hydrogens is 258 g/mol. The van der Waals surface area contributed by atoms with Crippen molar-refractivity contribution in [3.63, 3.8) is 0 Å². The summed E-state index contributed by atoms with van der Waals surface area (Å²) in [4.78, 5) is 7.13. The molecule has 1 heterocycles. The van der Waals surface area contributed by atoms with Gasteiger partial charge in [0.15, 0.2) is 0 Å². The van der Waals surface area contributed by atoms with Gasteiger partial charge in [0.05, 0.1) is 11.0 Å². The summed E-state index contributed by atoms with van der Waals surface area (Å²) >= 11 is 0. The summed E-state index contributed by atoms with van der Waals surface area (Å²) in [5.74, 6) is 1.09.